The highest BCUT2D eigenvalue weighted by molar-refractivity contribution is 5.69. The number of benzene rings is 2. The van der Waals surface area contributed by atoms with Gasteiger partial charge in [0.25, 0.3) is 0 Å². The molecule has 2 heterocycles. The Morgan fingerprint density at radius 1 is 1.00 bits per heavy atom. The first kappa shape index (κ1) is 17.8. The van der Waals surface area contributed by atoms with Gasteiger partial charge in [0.05, 0.1) is 18.8 Å². The lowest BCUT2D eigenvalue weighted by atomic mass is 10.0. The van der Waals surface area contributed by atoms with Crippen molar-refractivity contribution < 1.29 is 9.26 Å². The van der Waals surface area contributed by atoms with Gasteiger partial charge in [0.1, 0.15) is 5.69 Å². The summed E-state index contributed by atoms with van der Waals surface area (Å²) in [6.07, 6.45) is 0. The molecule has 0 bridgehead atoms. The molecule has 5 heteroatoms. The molecule has 1 N–H and O–H groups in total. The van der Waals surface area contributed by atoms with Crippen molar-refractivity contribution in [3.05, 3.63) is 71.3 Å². The fourth-order valence-corrected chi connectivity index (χ4v) is 3.42. The van der Waals surface area contributed by atoms with Gasteiger partial charge in [-0.2, -0.15) is 0 Å². The summed E-state index contributed by atoms with van der Waals surface area (Å²) in [6, 6.07) is 18.8. The van der Waals surface area contributed by atoms with E-state index in [1.165, 1.54) is 11.1 Å². The van der Waals surface area contributed by atoms with Crippen molar-refractivity contribution in [2.45, 2.75) is 20.0 Å². The summed E-state index contributed by atoms with van der Waals surface area (Å²) >= 11 is 0. The second-order valence-electron chi connectivity index (χ2n) is 6.87. The van der Waals surface area contributed by atoms with Gasteiger partial charge >= 0.3 is 0 Å². The van der Waals surface area contributed by atoms with Crippen LogP contribution in [0.15, 0.2) is 59.1 Å². The number of hydrogen-bond donors (Lipinski definition) is 1. The van der Waals surface area contributed by atoms with E-state index in [1.54, 1.807) is 0 Å². The first-order chi connectivity index (χ1) is 13.3. The molecule has 0 amide bonds. The molecular weight excluding hydrogens is 338 g/mol. The lowest BCUT2D eigenvalue weighted by molar-refractivity contribution is 0.120. The Morgan fingerprint density at radius 3 is 2.59 bits per heavy atom. The van der Waals surface area contributed by atoms with Crippen molar-refractivity contribution in [3.63, 3.8) is 0 Å². The molecule has 0 unspecified atom stereocenters. The van der Waals surface area contributed by atoms with Crippen molar-refractivity contribution in [2.75, 3.05) is 31.2 Å². The molecule has 4 rings (SSSR count). The summed E-state index contributed by atoms with van der Waals surface area (Å²) in [5, 5.41) is 7.98. The van der Waals surface area contributed by atoms with E-state index >= 15 is 0 Å². The minimum absolute atomic E-state index is 0.703. The number of anilines is 1. The van der Waals surface area contributed by atoms with Crippen LogP contribution in [0, 0.1) is 6.92 Å². The van der Waals surface area contributed by atoms with Crippen LogP contribution in [0.2, 0.25) is 0 Å². The quantitative estimate of drug-likeness (QED) is 0.722. The lowest BCUT2D eigenvalue weighted by Crippen LogP contribution is -2.36. The van der Waals surface area contributed by atoms with Gasteiger partial charge in [-0.05, 0) is 18.6 Å². The van der Waals surface area contributed by atoms with Gasteiger partial charge in [-0.1, -0.05) is 59.3 Å². The largest absolute Gasteiger partial charge is 0.378 e. The van der Waals surface area contributed by atoms with Gasteiger partial charge in [0.15, 0.2) is 0 Å². The SMILES string of the molecule is Cc1cccc(-c2noc(N3CCOCC3)c2CNCc2ccccc2)c1. The van der Waals surface area contributed by atoms with E-state index in [2.05, 4.69) is 70.8 Å². The van der Waals surface area contributed by atoms with E-state index in [1.807, 2.05) is 6.07 Å². The highest BCUT2D eigenvalue weighted by Gasteiger charge is 2.23. The zero-order valence-corrected chi connectivity index (χ0v) is 15.6. The predicted molar refractivity (Wildman–Crippen MR) is 107 cm³/mol. The Kier molecular flexibility index (Phi) is 5.51. The van der Waals surface area contributed by atoms with Crippen molar-refractivity contribution in [1.82, 2.24) is 10.5 Å². The van der Waals surface area contributed by atoms with E-state index in [0.29, 0.717) is 6.54 Å². The summed E-state index contributed by atoms with van der Waals surface area (Å²) < 4.78 is 11.3. The molecular formula is C22H25N3O2. The number of rotatable bonds is 6. The monoisotopic (exact) mass is 363 g/mol. The molecule has 0 atom stereocenters. The molecule has 1 fully saturated rings. The molecule has 5 nitrogen and oxygen atoms in total. The molecule has 1 aliphatic heterocycles. The van der Waals surface area contributed by atoms with Crippen LogP contribution in [0.5, 0.6) is 0 Å². The van der Waals surface area contributed by atoms with E-state index in [9.17, 15) is 0 Å². The molecule has 0 radical (unpaired) electrons. The van der Waals surface area contributed by atoms with Gasteiger partial charge in [-0.15, -0.1) is 0 Å². The zero-order chi connectivity index (χ0) is 18.5. The highest BCUT2D eigenvalue weighted by Crippen LogP contribution is 2.32. The van der Waals surface area contributed by atoms with Crippen LogP contribution in [0.3, 0.4) is 0 Å². The highest BCUT2D eigenvalue weighted by atomic mass is 16.5. The molecule has 1 aliphatic rings. The number of nitrogens with zero attached hydrogens (tertiary/aromatic N) is 2. The number of hydrogen-bond acceptors (Lipinski definition) is 5. The topological polar surface area (TPSA) is 50.5 Å². The molecule has 27 heavy (non-hydrogen) atoms. The molecule has 1 aromatic heterocycles. The third kappa shape index (κ3) is 4.21. The molecule has 0 spiro atoms. The average Bonchev–Trinajstić information content (AvgIpc) is 3.13. The van der Waals surface area contributed by atoms with E-state index in [0.717, 1.165) is 55.6 Å². The Labute approximate surface area is 159 Å². The second-order valence-corrected chi connectivity index (χ2v) is 6.87. The molecule has 1 saturated heterocycles. The fourth-order valence-electron chi connectivity index (χ4n) is 3.42. The number of aromatic nitrogens is 1. The van der Waals surface area contributed by atoms with Gasteiger partial charge in [0.2, 0.25) is 5.88 Å². The zero-order valence-electron chi connectivity index (χ0n) is 15.6. The maximum atomic E-state index is 5.81. The first-order valence-corrected chi connectivity index (χ1v) is 9.44. The van der Waals surface area contributed by atoms with E-state index in [4.69, 9.17) is 9.26 Å². The number of morpholine rings is 1. The average molecular weight is 363 g/mol. The van der Waals surface area contributed by atoms with Crippen molar-refractivity contribution in [1.29, 1.82) is 0 Å². The van der Waals surface area contributed by atoms with Crippen LogP contribution < -0.4 is 10.2 Å². The standard InChI is InChI=1S/C22H25N3O2/c1-17-6-5-9-19(14-17)21-20(16-23-15-18-7-3-2-4-8-18)22(27-24-21)25-10-12-26-13-11-25/h2-9,14,23H,10-13,15-16H2,1H3. The lowest BCUT2D eigenvalue weighted by Gasteiger charge is -2.26. The molecule has 0 aliphatic carbocycles. The van der Waals surface area contributed by atoms with Gasteiger partial charge in [0, 0.05) is 31.7 Å². The molecule has 140 valence electrons. The van der Waals surface area contributed by atoms with Gasteiger partial charge in [-0.25, -0.2) is 0 Å². The second kappa shape index (κ2) is 8.37. The summed E-state index contributed by atoms with van der Waals surface area (Å²) in [5.41, 5.74) is 5.60. The minimum atomic E-state index is 0.703. The maximum Gasteiger partial charge on any atom is 0.232 e. The predicted octanol–water partition coefficient (Wildman–Crippen LogP) is 3.78. The smallest absolute Gasteiger partial charge is 0.232 e. The van der Waals surface area contributed by atoms with Crippen LogP contribution in [0.25, 0.3) is 11.3 Å². The van der Waals surface area contributed by atoms with E-state index in [-0.39, 0.29) is 0 Å². The van der Waals surface area contributed by atoms with E-state index < -0.39 is 0 Å². The molecule has 2 aromatic carbocycles. The third-order valence-corrected chi connectivity index (χ3v) is 4.83. The van der Waals surface area contributed by atoms with Gasteiger partial charge in [-0.3, -0.25) is 0 Å². The number of ether oxygens (including phenoxy) is 1. The minimum Gasteiger partial charge on any atom is -0.378 e. The normalized spacial score (nSPS) is 14.5. The fraction of sp³-hybridized carbons (Fsp3) is 0.318. The van der Waals surface area contributed by atoms with Gasteiger partial charge < -0.3 is 19.5 Å². The third-order valence-electron chi connectivity index (χ3n) is 4.83. The Morgan fingerprint density at radius 2 is 1.81 bits per heavy atom. The summed E-state index contributed by atoms with van der Waals surface area (Å²) in [6.45, 7) is 6.70. The van der Waals surface area contributed by atoms with Crippen molar-refractivity contribution >= 4 is 5.88 Å². The van der Waals surface area contributed by atoms with Crippen LogP contribution >= 0.6 is 0 Å². The number of aryl methyl sites for hydroxylation is 1. The Bertz CT molecular complexity index is 870. The van der Waals surface area contributed by atoms with Crippen LogP contribution in [-0.4, -0.2) is 31.5 Å². The van der Waals surface area contributed by atoms with Crippen molar-refractivity contribution in [3.8, 4) is 11.3 Å². The van der Waals surface area contributed by atoms with Crippen molar-refractivity contribution in [2.24, 2.45) is 0 Å². The summed E-state index contributed by atoms with van der Waals surface area (Å²) in [7, 11) is 0. The maximum absolute atomic E-state index is 5.81. The van der Waals surface area contributed by atoms with Crippen LogP contribution in [0.1, 0.15) is 16.7 Å². The molecule has 0 saturated carbocycles. The first-order valence-electron chi connectivity index (χ1n) is 9.44. The molecule has 3 aromatic rings. The number of nitrogens with one attached hydrogen (secondary N) is 1. The summed E-state index contributed by atoms with van der Waals surface area (Å²) in [5.74, 6) is 0.857. The Balaban J connectivity index is 1.60. The summed E-state index contributed by atoms with van der Waals surface area (Å²) in [4.78, 5) is 2.23. The van der Waals surface area contributed by atoms with Crippen LogP contribution in [-0.2, 0) is 17.8 Å². The Hall–Kier alpha value is -2.63. The van der Waals surface area contributed by atoms with Crippen LogP contribution in [0.4, 0.5) is 5.88 Å².